The summed E-state index contributed by atoms with van der Waals surface area (Å²) in [5, 5.41) is 5.72. The van der Waals surface area contributed by atoms with Crippen molar-refractivity contribution < 1.29 is 14.4 Å². The summed E-state index contributed by atoms with van der Waals surface area (Å²) >= 11 is 1.55. The number of hydrogen-bond donors (Lipinski definition) is 1. The number of benzene rings is 3. The summed E-state index contributed by atoms with van der Waals surface area (Å²) in [5.74, 6) is -1.35. The maximum Gasteiger partial charge on any atom is 0.262 e. The molecular weight excluding hydrogens is 434 g/mol. The van der Waals surface area contributed by atoms with Crippen molar-refractivity contribution in [2.45, 2.75) is 13.0 Å². The number of hydrogen-bond acceptors (Lipinski definition) is 5. The van der Waals surface area contributed by atoms with Crippen molar-refractivity contribution in [3.05, 3.63) is 95.4 Å². The molecule has 0 fully saturated rings. The Balaban J connectivity index is 1.33. The van der Waals surface area contributed by atoms with E-state index < -0.39 is 23.8 Å². The van der Waals surface area contributed by atoms with E-state index in [0.29, 0.717) is 16.8 Å². The molecule has 6 nitrogen and oxygen atoms in total. The minimum atomic E-state index is -0.954. The highest BCUT2D eigenvalue weighted by molar-refractivity contribution is 7.13. The molecule has 0 spiro atoms. The van der Waals surface area contributed by atoms with Gasteiger partial charge in [0.25, 0.3) is 11.8 Å². The van der Waals surface area contributed by atoms with Gasteiger partial charge in [0.15, 0.2) is 0 Å². The van der Waals surface area contributed by atoms with Gasteiger partial charge >= 0.3 is 0 Å². The maximum atomic E-state index is 12.9. The molecule has 162 valence electrons. The summed E-state index contributed by atoms with van der Waals surface area (Å²) in [7, 11) is 0. The molecule has 1 aliphatic rings. The first kappa shape index (κ1) is 20.8. The average Bonchev–Trinajstić information content (AvgIpc) is 3.43. The van der Waals surface area contributed by atoms with Gasteiger partial charge in [-0.1, -0.05) is 54.6 Å². The van der Waals surface area contributed by atoms with Gasteiger partial charge in [0, 0.05) is 22.2 Å². The van der Waals surface area contributed by atoms with Crippen LogP contribution in [0.15, 0.2) is 84.2 Å². The molecule has 5 rings (SSSR count). The Morgan fingerprint density at radius 1 is 0.879 bits per heavy atom. The van der Waals surface area contributed by atoms with Crippen LogP contribution in [-0.4, -0.2) is 33.6 Å². The zero-order valence-electron chi connectivity index (χ0n) is 17.7. The van der Waals surface area contributed by atoms with E-state index in [2.05, 4.69) is 5.32 Å². The molecule has 3 amide bonds. The van der Waals surface area contributed by atoms with E-state index in [1.807, 2.05) is 53.9 Å². The third-order valence-corrected chi connectivity index (χ3v) is 6.43. The Bertz CT molecular complexity index is 1350. The van der Waals surface area contributed by atoms with Crippen molar-refractivity contribution in [3.8, 4) is 21.8 Å². The van der Waals surface area contributed by atoms with Crippen molar-refractivity contribution in [3.63, 3.8) is 0 Å². The first-order chi connectivity index (χ1) is 16.0. The fourth-order valence-electron chi connectivity index (χ4n) is 3.80. The van der Waals surface area contributed by atoms with E-state index in [9.17, 15) is 14.4 Å². The van der Waals surface area contributed by atoms with Gasteiger partial charge in [0.2, 0.25) is 5.91 Å². The van der Waals surface area contributed by atoms with Crippen LogP contribution in [0.25, 0.3) is 21.8 Å². The van der Waals surface area contributed by atoms with Crippen molar-refractivity contribution in [2.24, 2.45) is 0 Å². The summed E-state index contributed by atoms with van der Waals surface area (Å²) in [6.45, 7) is 1.55. The van der Waals surface area contributed by atoms with E-state index in [1.54, 1.807) is 48.6 Å². The number of thiazole rings is 1. The number of aromatic nitrogens is 1. The van der Waals surface area contributed by atoms with Gasteiger partial charge in [0.1, 0.15) is 11.0 Å². The summed E-state index contributed by atoms with van der Waals surface area (Å²) in [6.07, 6.45) is 0. The van der Waals surface area contributed by atoms with Gasteiger partial charge in [-0.05, 0) is 31.2 Å². The first-order valence-electron chi connectivity index (χ1n) is 10.4. The molecule has 0 radical (unpaired) electrons. The van der Waals surface area contributed by atoms with E-state index >= 15 is 0 Å². The Kier molecular flexibility index (Phi) is 5.32. The van der Waals surface area contributed by atoms with E-state index in [4.69, 9.17) is 4.98 Å². The van der Waals surface area contributed by atoms with Gasteiger partial charge in [0.05, 0.1) is 16.8 Å². The topological polar surface area (TPSA) is 79.4 Å². The highest BCUT2D eigenvalue weighted by Gasteiger charge is 2.40. The summed E-state index contributed by atoms with van der Waals surface area (Å²) < 4.78 is 0. The number of imide groups is 1. The lowest BCUT2D eigenvalue weighted by Gasteiger charge is -2.21. The number of anilines is 1. The van der Waals surface area contributed by atoms with Crippen LogP contribution >= 0.6 is 11.3 Å². The number of amides is 3. The van der Waals surface area contributed by atoms with Gasteiger partial charge < -0.3 is 5.32 Å². The molecule has 1 aliphatic heterocycles. The predicted octanol–water partition coefficient (Wildman–Crippen LogP) is 5.10. The van der Waals surface area contributed by atoms with Crippen LogP contribution in [0.5, 0.6) is 0 Å². The van der Waals surface area contributed by atoms with Crippen molar-refractivity contribution in [1.29, 1.82) is 0 Å². The third-order valence-electron chi connectivity index (χ3n) is 5.54. The second kappa shape index (κ2) is 8.44. The molecule has 0 bridgehead atoms. The number of rotatable bonds is 5. The number of carbonyl (C=O) groups is 3. The summed E-state index contributed by atoms with van der Waals surface area (Å²) in [4.78, 5) is 44.0. The zero-order valence-corrected chi connectivity index (χ0v) is 18.5. The van der Waals surface area contributed by atoms with Crippen LogP contribution in [0.2, 0.25) is 0 Å². The molecule has 0 aliphatic carbocycles. The molecule has 0 saturated heterocycles. The summed E-state index contributed by atoms with van der Waals surface area (Å²) in [5.41, 5.74) is 3.93. The zero-order chi connectivity index (χ0) is 22.9. The molecule has 4 aromatic rings. The van der Waals surface area contributed by atoms with Crippen molar-refractivity contribution in [2.75, 3.05) is 5.32 Å². The predicted molar refractivity (Wildman–Crippen MR) is 128 cm³/mol. The van der Waals surface area contributed by atoms with Crippen LogP contribution in [-0.2, 0) is 4.79 Å². The number of nitrogens with one attached hydrogen (secondary N) is 1. The number of carbonyl (C=O) groups excluding carboxylic acids is 3. The quantitative estimate of drug-likeness (QED) is 0.427. The monoisotopic (exact) mass is 453 g/mol. The molecule has 3 aromatic carbocycles. The number of fused-ring (bicyclic) bond motifs is 1. The molecule has 0 unspecified atom stereocenters. The molecular formula is C26H19N3O3S. The minimum Gasteiger partial charge on any atom is -0.324 e. The Labute approximate surface area is 194 Å². The standard InChI is InChI=1S/C26H19N3O3S/c1-16(29-25(31)20-12-5-6-13-21(20)26(29)32)23(30)27-19-11-7-10-18(14-19)22-15-33-24(28-22)17-8-3-2-4-9-17/h2-16H,1H3,(H,27,30)/t16-/m0/s1. The fourth-order valence-corrected chi connectivity index (χ4v) is 4.63. The molecule has 7 heteroatoms. The molecule has 33 heavy (non-hydrogen) atoms. The second-order valence-corrected chi connectivity index (χ2v) is 8.53. The normalized spacial score (nSPS) is 13.7. The largest absolute Gasteiger partial charge is 0.324 e. The third kappa shape index (κ3) is 3.83. The number of nitrogens with zero attached hydrogens (tertiary/aromatic N) is 2. The van der Waals surface area contributed by atoms with E-state index in [1.165, 1.54) is 0 Å². The lowest BCUT2D eigenvalue weighted by molar-refractivity contribution is -0.119. The van der Waals surface area contributed by atoms with Crippen molar-refractivity contribution >= 4 is 34.7 Å². The highest BCUT2D eigenvalue weighted by atomic mass is 32.1. The lowest BCUT2D eigenvalue weighted by atomic mass is 10.1. The lowest BCUT2D eigenvalue weighted by Crippen LogP contribution is -2.45. The van der Waals surface area contributed by atoms with Crippen LogP contribution in [0.3, 0.4) is 0 Å². The van der Waals surface area contributed by atoms with E-state index in [-0.39, 0.29) is 0 Å². The fraction of sp³-hybridized carbons (Fsp3) is 0.0769. The van der Waals surface area contributed by atoms with Crippen molar-refractivity contribution in [1.82, 2.24) is 9.88 Å². The maximum absolute atomic E-state index is 12.9. The molecule has 2 heterocycles. The van der Waals surface area contributed by atoms with Crippen LogP contribution < -0.4 is 5.32 Å². The smallest absolute Gasteiger partial charge is 0.262 e. The van der Waals surface area contributed by atoms with Gasteiger partial charge in [-0.15, -0.1) is 11.3 Å². The van der Waals surface area contributed by atoms with Crippen LogP contribution in [0.1, 0.15) is 27.6 Å². The summed E-state index contributed by atoms with van der Waals surface area (Å²) in [6, 6.07) is 22.9. The first-order valence-corrected chi connectivity index (χ1v) is 11.3. The SMILES string of the molecule is C[C@@H](C(=O)Nc1cccc(-c2csc(-c3ccccc3)n2)c1)N1C(=O)c2ccccc2C1=O. The Hall–Kier alpha value is -4.10. The molecule has 1 N–H and O–H groups in total. The van der Waals surface area contributed by atoms with E-state index in [0.717, 1.165) is 26.7 Å². The van der Waals surface area contributed by atoms with Gasteiger partial charge in [-0.25, -0.2) is 4.98 Å². The van der Waals surface area contributed by atoms with Crippen LogP contribution in [0.4, 0.5) is 5.69 Å². The van der Waals surface area contributed by atoms with Crippen LogP contribution in [0, 0.1) is 0 Å². The van der Waals surface area contributed by atoms with Gasteiger partial charge in [-0.3, -0.25) is 19.3 Å². The Morgan fingerprint density at radius 2 is 1.52 bits per heavy atom. The van der Waals surface area contributed by atoms with Gasteiger partial charge in [-0.2, -0.15) is 0 Å². The Morgan fingerprint density at radius 3 is 2.21 bits per heavy atom. The molecule has 0 saturated carbocycles. The minimum absolute atomic E-state index is 0.321. The molecule has 1 atom stereocenters. The second-order valence-electron chi connectivity index (χ2n) is 7.68. The highest BCUT2D eigenvalue weighted by Crippen LogP contribution is 2.30. The average molecular weight is 454 g/mol. The molecule has 1 aromatic heterocycles.